The third-order valence-electron chi connectivity index (χ3n) is 4.36. The highest BCUT2D eigenvalue weighted by molar-refractivity contribution is 6.26. The molecule has 1 atom stereocenters. The summed E-state index contributed by atoms with van der Waals surface area (Å²) < 4.78 is 0. The van der Waals surface area contributed by atoms with E-state index in [9.17, 15) is 14.4 Å². The lowest BCUT2D eigenvalue weighted by Crippen LogP contribution is -2.53. The molecule has 0 saturated heterocycles. The minimum absolute atomic E-state index is 0.304. The van der Waals surface area contributed by atoms with Gasteiger partial charge >= 0.3 is 0 Å². The zero-order valence-electron chi connectivity index (χ0n) is 13.3. The number of unbranched alkanes of at least 4 members (excludes halogenated alkanes) is 1. The molecule has 1 heterocycles. The van der Waals surface area contributed by atoms with Gasteiger partial charge in [0.1, 0.15) is 6.04 Å². The molecule has 0 aliphatic carbocycles. The van der Waals surface area contributed by atoms with Gasteiger partial charge in [0, 0.05) is 16.5 Å². The smallest absolute Gasteiger partial charge is 0.266 e. The van der Waals surface area contributed by atoms with Crippen LogP contribution in [0.2, 0.25) is 0 Å². The Hall–Kier alpha value is -2.73. The Morgan fingerprint density at radius 3 is 2.21 bits per heavy atom. The molecule has 3 rings (SSSR count). The predicted octanol–water partition coefficient (Wildman–Crippen LogP) is 2.50. The van der Waals surface area contributed by atoms with Crippen LogP contribution >= 0.6 is 0 Å². The largest absolute Gasteiger partial charge is 0.289 e. The maximum absolute atomic E-state index is 12.9. The van der Waals surface area contributed by atoms with Gasteiger partial charge in [0.2, 0.25) is 0 Å². The van der Waals surface area contributed by atoms with Gasteiger partial charge in [-0.25, -0.2) is 5.48 Å². The van der Waals surface area contributed by atoms with Crippen LogP contribution in [0.3, 0.4) is 0 Å². The van der Waals surface area contributed by atoms with Crippen molar-refractivity contribution in [3.05, 3.63) is 47.5 Å². The van der Waals surface area contributed by atoms with Crippen molar-refractivity contribution in [1.82, 2.24) is 10.4 Å². The summed E-state index contributed by atoms with van der Waals surface area (Å²) >= 11 is 0. The molecule has 2 aromatic rings. The monoisotopic (exact) mass is 326 g/mol. The topological polar surface area (TPSA) is 86.7 Å². The van der Waals surface area contributed by atoms with Crippen LogP contribution in [0, 0.1) is 0 Å². The third kappa shape index (κ3) is 2.45. The maximum Gasteiger partial charge on any atom is 0.266 e. The number of hydrogen-bond donors (Lipinski definition) is 2. The lowest BCUT2D eigenvalue weighted by atomic mass is 9.92. The lowest BCUT2D eigenvalue weighted by molar-refractivity contribution is -0.133. The Labute approximate surface area is 139 Å². The molecule has 124 valence electrons. The molecular weight excluding hydrogens is 308 g/mol. The number of hydrogen-bond acceptors (Lipinski definition) is 4. The fourth-order valence-electron chi connectivity index (χ4n) is 3.18. The molecule has 3 amide bonds. The highest BCUT2D eigenvalue weighted by Crippen LogP contribution is 2.31. The third-order valence-corrected chi connectivity index (χ3v) is 4.36. The van der Waals surface area contributed by atoms with Gasteiger partial charge in [0.05, 0.1) is 0 Å². The normalized spacial score (nSPS) is 14.8. The van der Waals surface area contributed by atoms with Crippen LogP contribution in [0.15, 0.2) is 36.4 Å². The maximum atomic E-state index is 12.9. The van der Waals surface area contributed by atoms with E-state index in [-0.39, 0.29) is 0 Å². The Morgan fingerprint density at radius 2 is 1.71 bits per heavy atom. The summed E-state index contributed by atoms with van der Waals surface area (Å²) in [7, 11) is 0. The van der Waals surface area contributed by atoms with E-state index in [0.29, 0.717) is 29.4 Å². The summed E-state index contributed by atoms with van der Waals surface area (Å²) in [5.41, 5.74) is 2.37. The summed E-state index contributed by atoms with van der Waals surface area (Å²) in [6.07, 6.45) is 1.76. The number of nitrogens with zero attached hydrogens (tertiary/aromatic N) is 1. The summed E-state index contributed by atoms with van der Waals surface area (Å²) in [5.74, 6) is -1.76. The van der Waals surface area contributed by atoms with E-state index >= 15 is 0 Å². The van der Waals surface area contributed by atoms with E-state index < -0.39 is 23.8 Å². The second-order valence-electron chi connectivity index (χ2n) is 5.82. The second kappa shape index (κ2) is 6.41. The molecule has 0 radical (unpaired) electrons. The average molecular weight is 326 g/mol. The van der Waals surface area contributed by atoms with Gasteiger partial charge in [-0.05, 0) is 23.9 Å². The van der Waals surface area contributed by atoms with Crippen molar-refractivity contribution in [2.45, 2.75) is 32.2 Å². The van der Waals surface area contributed by atoms with Crippen LogP contribution in [0.4, 0.5) is 0 Å². The molecule has 6 heteroatoms. The Morgan fingerprint density at radius 1 is 1.12 bits per heavy atom. The zero-order chi connectivity index (χ0) is 17.3. The molecule has 0 bridgehead atoms. The van der Waals surface area contributed by atoms with Crippen LogP contribution in [0.25, 0.3) is 10.8 Å². The quantitative estimate of drug-likeness (QED) is 0.502. The number of nitrogens with one attached hydrogen (secondary N) is 1. The van der Waals surface area contributed by atoms with Gasteiger partial charge in [-0.3, -0.25) is 24.5 Å². The van der Waals surface area contributed by atoms with Crippen molar-refractivity contribution in [2.24, 2.45) is 0 Å². The molecule has 1 unspecified atom stereocenters. The molecular formula is C18H18N2O4. The van der Waals surface area contributed by atoms with Crippen LogP contribution < -0.4 is 5.48 Å². The number of benzene rings is 2. The van der Waals surface area contributed by atoms with Gasteiger partial charge in [0.25, 0.3) is 17.7 Å². The lowest BCUT2D eigenvalue weighted by Gasteiger charge is -2.32. The highest BCUT2D eigenvalue weighted by atomic mass is 16.5. The first-order valence-electron chi connectivity index (χ1n) is 7.93. The molecule has 2 N–H and O–H groups in total. The van der Waals surface area contributed by atoms with Crippen LogP contribution in [0.1, 0.15) is 46.9 Å². The Bertz CT molecular complexity index is 780. The van der Waals surface area contributed by atoms with Gasteiger partial charge in [0.15, 0.2) is 0 Å². The molecule has 0 aromatic heterocycles. The first-order chi connectivity index (χ1) is 11.6. The van der Waals surface area contributed by atoms with Crippen LogP contribution in [-0.2, 0) is 4.79 Å². The fourth-order valence-corrected chi connectivity index (χ4v) is 3.18. The number of carbonyl (C=O) groups excluding carboxylic acids is 3. The summed E-state index contributed by atoms with van der Waals surface area (Å²) in [4.78, 5) is 38.8. The minimum atomic E-state index is -1.03. The second-order valence-corrected chi connectivity index (χ2v) is 5.82. The summed E-state index contributed by atoms with van der Waals surface area (Å²) in [6.45, 7) is 1.95. The van der Waals surface area contributed by atoms with Crippen LogP contribution in [0.5, 0.6) is 0 Å². The molecule has 0 fully saturated rings. The average Bonchev–Trinajstić information content (AvgIpc) is 2.61. The van der Waals surface area contributed by atoms with Gasteiger partial charge < -0.3 is 0 Å². The first-order valence-corrected chi connectivity index (χ1v) is 7.93. The van der Waals surface area contributed by atoms with E-state index in [2.05, 4.69) is 0 Å². The standard InChI is InChI=1S/C18H18N2O4/c1-2-3-10-14(16(21)19-24)20-17(22)12-8-4-6-11-7-5-9-13(15(11)12)18(20)23/h4-9,14,24H,2-3,10H2,1H3,(H,19,21). The number of amides is 3. The van der Waals surface area contributed by atoms with Gasteiger partial charge in [-0.1, -0.05) is 44.0 Å². The molecule has 0 spiro atoms. The van der Waals surface area contributed by atoms with Gasteiger partial charge in [-0.15, -0.1) is 0 Å². The number of hydroxylamine groups is 1. The van der Waals surface area contributed by atoms with Crippen molar-refractivity contribution < 1.29 is 19.6 Å². The predicted molar refractivity (Wildman–Crippen MR) is 87.7 cm³/mol. The van der Waals surface area contributed by atoms with E-state index in [1.165, 1.54) is 0 Å². The first kappa shape index (κ1) is 16.1. The Balaban J connectivity index is 2.13. The molecule has 1 aliphatic heterocycles. The van der Waals surface area contributed by atoms with E-state index in [1.54, 1.807) is 29.7 Å². The molecule has 0 saturated carbocycles. The van der Waals surface area contributed by atoms with Crippen molar-refractivity contribution in [3.63, 3.8) is 0 Å². The van der Waals surface area contributed by atoms with Crippen molar-refractivity contribution in [1.29, 1.82) is 0 Å². The Kier molecular flexibility index (Phi) is 4.31. The fraction of sp³-hybridized carbons (Fsp3) is 0.278. The van der Waals surface area contributed by atoms with Crippen molar-refractivity contribution in [2.75, 3.05) is 0 Å². The van der Waals surface area contributed by atoms with Crippen molar-refractivity contribution >= 4 is 28.5 Å². The number of rotatable bonds is 5. The summed E-state index contributed by atoms with van der Waals surface area (Å²) in [5, 5.41) is 10.4. The highest BCUT2D eigenvalue weighted by Gasteiger charge is 2.40. The molecule has 2 aromatic carbocycles. The molecule has 24 heavy (non-hydrogen) atoms. The minimum Gasteiger partial charge on any atom is -0.289 e. The molecule has 6 nitrogen and oxygen atoms in total. The zero-order valence-corrected chi connectivity index (χ0v) is 13.3. The molecule has 1 aliphatic rings. The summed E-state index contributed by atoms with van der Waals surface area (Å²) in [6, 6.07) is 9.46. The van der Waals surface area contributed by atoms with E-state index in [1.807, 2.05) is 19.1 Å². The van der Waals surface area contributed by atoms with Gasteiger partial charge in [-0.2, -0.15) is 0 Å². The van der Waals surface area contributed by atoms with E-state index in [0.717, 1.165) is 16.7 Å². The van der Waals surface area contributed by atoms with Crippen LogP contribution in [-0.4, -0.2) is 33.9 Å². The SMILES string of the molecule is CCCCC(C(=O)NO)N1C(=O)c2cccc3cccc(c23)C1=O. The number of imide groups is 1. The van der Waals surface area contributed by atoms with E-state index in [4.69, 9.17) is 5.21 Å². The number of carbonyl (C=O) groups is 3. The van der Waals surface area contributed by atoms with Crippen molar-refractivity contribution in [3.8, 4) is 0 Å².